The van der Waals surface area contributed by atoms with Crippen LogP contribution in [-0.2, 0) is 0 Å². The van der Waals surface area contributed by atoms with Crippen LogP contribution in [-0.4, -0.2) is 5.71 Å². The summed E-state index contributed by atoms with van der Waals surface area (Å²) >= 11 is 0. The molecule has 5 rings (SSSR count). The summed E-state index contributed by atoms with van der Waals surface area (Å²) in [4.78, 5) is 5.26. The first-order valence-corrected chi connectivity index (χ1v) is 12.1. The second-order valence-corrected chi connectivity index (χ2v) is 8.50. The molecular formula is C35H27N. The second kappa shape index (κ2) is 11.6. The van der Waals surface area contributed by atoms with Gasteiger partial charge in [-0.25, -0.2) is 4.99 Å². The number of hydrogen-bond donors (Lipinski definition) is 0. The Balaban J connectivity index is 1.61. The Kier molecular flexibility index (Phi) is 7.41. The average molecular weight is 462 g/mol. The van der Waals surface area contributed by atoms with Crippen LogP contribution in [0.5, 0.6) is 0 Å². The fourth-order valence-corrected chi connectivity index (χ4v) is 4.02. The monoisotopic (exact) mass is 461 g/mol. The van der Waals surface area contributed by atoms with Crippen LogP contribution in [0.1, 0.15) is 33.4 Å². The summed E-state index contributed by atoms with van der Waals surface area (Å²) < 4.78 is 0. The van der Waals surface area contributed by atoms with Gasteiger partial charge in [-0.2, -0.15) is 0 Å². The van der Waals surface area contributed by atoms with E-state index in [4.69, 9.17) is 4.99 Å². The molecule has 172 valence electrons. The van der Waals surface area contributed by atoms with E-state index in [0.29, 0.717) is 0 Å². The molecule has 0 saturated carbocycles. The van der Waals surface area contributed by atoms with Crippen LogP contribution < -0.4 is 0 Å². The van der Waals surface area contributed by atoms with Crippen molar-refractivity contribution in [1.29, 1.82) is 0 Å². The molecule has 0 spiro atoms. The summed E-state index contributed by atoms with van der Waals surface area (Å²) in [5.41, 5.74) is 8.57. The van der Waals surface area contributed by atoms with E-state index in [0.717, 1.165) is 39.2 Å². The molecule has 5 aromatic rings. The molecule has 1 nitrogen and oxygen atoms in total. The zero-order valence-corrected chi connectivity index (χ0v) is 20.0. The Bertz CT molecular complexity index is 1440. The van der Waals surface area contributed by atoms with Crippen molar-refractivity contribution < 1.29 is 0 Å². The summed E-state index contributed by atoms with van der Waals surface area (Å²) in [5.74, 6) is 0. The molecule has 0 radical (unpaired) electrons. The molecule has 5 aromatic carbocycles. The van der Waals surface area contributed by atoms with Crippen molar-refractivity contribution in [2.45, 2.75) is 0 Å². The van der Waals surface area contributed by atoms with Gasteiger partial charge in [0.2, 0.25) is 0 Å². The smallest absolute Gasteiger partial charge is 0.0781 e. The van der Waals surface area contributed by atoms with E-state index in [1.54, 1.807) is 0 Å². The van der Waals surface area contributed by atoms with Crippen molar-refractivity contribution in [3.05, 3.63) is 173 Å². The molecular weight excluding hydrogens is 434 g/mol. The molecule has 0 fully saturated rings. The fourth-order valence-electron chi connectivity index (χ4n) is 4.02. The summed E-state index contributed by atoms with van der Waals surface area (Å²) in [6, 6.07) is 47.9. The first-order valence-electron chi connectivity index (χ1n) is 12.1. The molecule has 0 bridgehead atoms. The van der Waals surface area contributed by atoms with Crippen molar-refractivity contribution in [1.82, 2.24) is 0 Å². The van der Waals surface area contributed by atoms with Gasteiger partial charge in [-0.15, -0.1) is 0 Å². The highest BCUT2D eigenvalue weighted by Crippen LogP contribution is 2.27. The van der Waals surface area contributed by atoms with Gasteiger partial charge in [-0.05, 0) is 22.8 Å². The highest BCUT2D eigenvalue weighted by Gasteiger charge is 2.09. The van der Waals surface area contributed by atoms with Crippen molar-refractivity contribution in [3.63, 3.8) is 0 Å². The minimum atomic E-state index is 0.931. The summed E-state index contributed by atoms with van der Waals surface area (Å²) in [5, 5.41) is 0. The molecule has 0 amide bonds. The number of nitrogens with zero attached hydrogens (tertiary/aromatic N) is 1. The Hall–Kier alpha value is -4.75. The molecule has 0 saturated heterocycles. The first-order chi connectivity index (χ1) is 17.8. The van der Waals surface area contributed by atoms with E-state index in [2.05, 4.69) is 140 Å². The minimum Gasteiger partial charge on any atom is -0.247 e. The largest absolute Gasteiger partial charge is 0.247 e. The van der Waals surface area contributed by atoms with Crippen molar-refractivity contribution in [3.8, 4) is 0 Å². The van der Waals surface area contributed by atoms with Crippen molar-refractivity contribution >= 4 is 35.7 Å². The maximum absolute atomic E-state index is 5.26. The lowest BCUT2D eigenvalue weighted by atomic mass is 10.0. The lowest BCUT2D eigenvalue weighted by molar-refractivity contribution is 1.45. The molecule has 0 aromatic heterocycles. The molecule has 36 heavy (non-hydrogen) atoms. The third-order valence-corrected chi connectivity index (χ3v) is 5.90. The van der Waals surface area contributed by atoms with Crippen molar-refractivity contribution in [2.24, 2.45) is 4.99 Å². The summed E-state index contributed by atoms with van der Waals surface area (Å²) in [6.07, 6.45) is 8.56. The molecule has 0 N–H and O–H groups in total. The normalized spacial score (nSPS) is 11.1. The first kappa shape index (κ1) is 23.0. The van der Waals surface area contributed by atoms with E-state index >= 15 is 0 Å². The standard InChI is InChI=1S/C35H27N/c1-5-13-28(14-6-1)21-22-30-24-26-31(25-23-29-15-7-2-8-16-29)34(27-30)36-35(32-17-9-3-10-18-32)33-19-11-4-12-20-33/h1-27H/b22-21+,25-23+. The summed E-state index contributed by atoms with van der Waals surface area (Å²) in [6.45, 7) is 0. The maximum Gasteiger partial charge on any atom is 0.0781 e. The zero-order valence-electron chi connectivity index (χ0n) is 20.0. The van der Waals surface area contributed by atoms with Crippen LogP contribution in [0.4, 0.5) is 5.69 Å². The zero-order chi connectivity index (χ0) is 24.4. The Morgan fingerprint density at radius 3 is 1.39 bits per heavy atom. The van der Waals surface area contributed by atoms with E-state index in [-0.39, 0.29) is 0 Å². The van der Waals surface area contributed by atoms with E-state index in [1.165, 1.54) is 5.56 Å². The Morgan fingerprint density at radius 1 is 0.417 bits per heavy atom. The maximum atomic E-state index is 5.26. The van der Waals surface area contributed by atoms with Gasteiger partial charge in [-0.3, -0.25) is 0 Å². The van der Waals surface area contributed by atoms with Gasteiger partial charge < -0.3 is 0 Å². The van der Waals surface area contributed by atoms with Crippen LogP contribution in [0, 0.1) is 0 Å². The molecule has 0 aliphatic rings. The fraction of sp³-hybridized carbons (Fsp3) is 0. The molecule has 1 heteroatoms. The molecule has 0 heterocycles. The lowest BCUT2D eigenvalue weighted by Gasteiger charge is -2.10. The lowest BCUT2D eigenvalue weighted by Crippen LogP contribution is -2.02. The Labute approximate surface area is 213 Å². The minimum absolute atomic E-state index is 0.931. The van der Waals surface area contributed by atoms with Crippen LogP contribution in [0.3, 0.4) is 0 Å². The quantitative estimate of drug-likeness (QED) is 0.169. The highest BCUT2D eigenvalue weighted by molar-refractivity contribution is 6.14. The average Bonchev–Trinajstić information content (AvgIpc) is 2.96. The number of aliphatic imine (C=N–C) groups is 1. The molecule has 0 atom stereocenters. The van der Waals surface area contributed by atoms with Crippen molar-refractivity contribution in [2.75, 3.05) is 0 Å². The second-order valence-electron chi connectivity index (χ2n) is 8.50. The van der Waals surface area contributed by atoms with E-state index in [9.17, 15) is 0 Å². The van der Waals surface area contributed by atoms with Gasteiger partial charge in [0.1, 0.15) is 0 Å². The number of rotatable bonds is 7. The van der Waals surface area contributed by atoms with Crippen LogP contribution in [0.25, 0.3) is 24.3 Å². The van der Waals surface area contributed by atoms with E-state index < -0.39 is 0 Å². The van der Waals surface area contributed by atoms with Gasteiger partial charge in [0.25, 0.3) is 0 Å². The van der Waals surface area contributed by atoms with Crippen LogP contribution in [0.15, 0.2) is 145 Å². The molecule has 0 aliphatic heterocycles. The summed E-state index contributed by atoms with van der Waals surface area (Å²) in [7, 11) is 0. The van der Waals surface area contributed by atoms with Gasteiger partial charge in [-0.1, -0.05) is 158 Å². The SMILES string of the molecule is C(=C\c1ccc(/C=C/c2ccccc2)c(N=C(c2ccccc2)c2ccccc2)c1)/c1ccccc1. The Morgan fingerprint density at radius 2 is 0.861 bits per heavy atom. The van der Waals surface area contributed by atoms with Crippen LogP contribution >= 0.6 is 0 Å². The van der Waals surface area contributed by atoms with Gasteiger partial charge >= 0.3 is 0 Å². The third-order valence-electron chi connectivity index (χ3n) is 5.90. The van der Waals surface area contributed by atoms with Gasteiger partial charge in [0.05, 0.1) is 11.4 Å². The predicted octanol–water partition coefficient (Wildman–Crippen LogP) is 9.20. The third kappa shape index (κ3) is 6.02. The topological polar surface area (TPSA) is 12.4 Å². The van der Waals surface area contributed by atoms with Gasteiger partial charge in [0.15, 0.2) is 0 Å². The van der Waals surface area contributed by atoms with Gasteiger partial charge in [0, 0.05) is 16.7 Å². The van der Waals surface area contributed by atoms with Crippen LogP contribution in [0.2, 0.25) is 0 Å². The number of benzene rings is 5. The van der Waals surface area contributed by atoms with E-state index in [1.807, 2.05) is 24.3 Å². The highest BCUT2D eigenvalue weighted by atomic mass is 14.8. The predicted molar refractivity (Wildman–Crippen MR) is 155 cm³/mol. The molecule has 0 aliphatic carbocycles. The number of hydrogen-bond acceptors (Lipinski definition) is 1. The molecule has 0 unspecified atom stereocenters.